The lowest BCUT2D eigenvalue weighted by Gasteiger charge is -2.19. The second kappa shape index (κ2) is 4.96. The number of benzene rings is 1. The Bertz CT molecular complexity index is 591. The van der Waals surface area contributed by atoms with Crippen molar-refractivity contribution in [2.24, 2.45) is 0 Å². The molecule has 98 valence electrons. The van der Waals surface area contributed by atoms with Gasteiger partial charge < -0.3 is 0 Å². The predicted octanol–water partition coefficient (Wildman–Crippen LogP) is 3.92. The van der Waals surface area contributed by atoms with Gasteiger partial charge in [0.15, 0.2) is 5.78 Å². The zero-order valence-corrected chi connectivity index (χ0v) is 11.9. The first kappa shape index (κ1) is 13.5. The molecule has 0 spiro atoms. The molecular formula is C17H19NO. The number of hydrogen-bond acceptors (Lipinski definition) is 2. The molecule has 1 aromatic carbocycles. The normalized spacial score (nSPS) is 11.4. The molecule has 0 amide bonds. The standard InChI is InChI=1S/C17H19NO/c1-12-11-18-10-9-15(12)16(19)13-5-7-14(8-6-13)17(2,3)4/h5-11H,1-4H3. The lowest BCUT2D eigenvalue weighted by atomic mass is 9.86. The van der Waals surface area contributed by atoms with Crippen molar-refractivity contribution in [1.82, 2.24) is 4.98 Å². The van der Waals surface area contributed by atoms with Crippen LogP contribution in [-0.2, 0) is 5.41 Å². The van der Waals surface area contributed by atoms with E-state index < -0.39 is 0 Å². The Labute approximate surface area is 114 Å². The minimum Gasteiger partial charge on any atom is -0.289 e. The molecule has 0 saturated carbocycles. The van der Waals surface area contributed by atoms with Gasteiger partial charge in [-0.05, 0) is 29.5 Å². The van der Waals surface area contributed by atoms with Crippen LogP contribution in [0.25, 0.3) is 0 Å². The molecule has 1 aromatic heterocycles. The highest BCUT2D eigenvalue weighted by atomic mass is 16.1. The summed E-state index contributed by atoms with van der Waals surface area (Å²) in [5.41, 5.74) is 3.69. The van der Waals surface area contributed by atoms with Gasteiger partial charge in [0, 0.05) is 23.5 Å². The zero-order valence-electron chi connectivity index (χ0n) is 11.9. The van der Waals surface area contributed by atoms with Crippen LogP contribution >= 0.6 is 0 Å². The van der Waals surface area contributed by atoms with Crippen LogP contribution in [0.1, 0.15) is 47.8 Å². The average molecular weight is 253 g/mol. The van der Waals surface area contributed by atoms with Gasteiger partial charge >= 0.3 is 0 Å². The maximum absolute atomic E-state index is 12.4. The van der Waals surface area contributed by atoms with E-state index in [9.17, 15) is 4.79 Å². The molecule has 0 aliphatic carbocycles. The number of aryl methyl sites for hydroxylation is 1. The first-order valence-electron chi connectivity index (χ1n) is 6.45. The molecule has 0 bridgehead atoms. The molecule has 0 unspecified atom stereocenters. The van der Waals surface area contributed by atoms with Crippen LogP contribution < -0.4 is 0 Å². The van der Waals surface area contributed by atoms with Crippen LogP contribution in [0.4, 0.5) is 0 Å². The van der Waals surface area contributed by atoms with Crippen LogP contribution in [0.2, 0.25) is 0 Å². The van der Waals surface area contributed by atoms with Crippen LogP contribution in [0.5, 0.6) is 0 Å². The van der Waals surface area contributed by atoms with E-state index in [2.05, 4.69) is 25.8 Å². The largest absolute Gasteiger partial charge is 0.289 e. The second-order valence-electron chi connectivity index (χ2n) is 5.85. The van der Waals surface area contributed by atoms with E-state index in [4.69, 9.17) is 0 Å². The highest BCUT2D eigenvalue weighted by Crippen LogP contribution is 2.23. The summed E-state index contributed by atoms with van der Waals surface area (Å²) in [6.45, 7) is 8.40. The fourth-order valence-corrected chi connectivity index (χ4v) is 2.01. The number of nitrogens with zero attached hydrogens (tertiary/aromatic N) is 1. The van der Waals surface area contributed by atoms with Gasteiger partial charge in [0.05, 0.1) is 0 Å². The highest BCUT2D eigenvalue weighted by molar-refractivity contribution is 6.09. The van der Waals surface area contributed by atoms with Gasteiger partial charge in [0.2, 0.25) is 0 Å². The van der Waals surface area contributed by atoms with E-state index in [0.29, 0.717) is 0 Å². The molecule has 1 heterocycles. The minimum atomic E-state index is 0.0559. The molecule has 0 saturated heterocycles. The van der Waals surface area contributed by atoms with E-state index >= 15 is 0 Å². The Morgan fingerprint density at radius 3 is 2.21 bits per heavy atom. The molecule has 2 nitrogen and oxygen atoms in total. The number of pyridine rings is 1. The molecule has 2 heteroatoms. The summed E-state index contributed by atoms with van der Waals surface area (Å²) in [5, 5.41) is 0. The summed E-state index contributed by atoms with van der Waals surface area (Å²) in [6.07, 6.45) is 3.38. The van der Waals surface area contributed by atoms with Crippen LogP contribution in [0, 0.1) is 6.92 Å². The molecule has 0 N–H and O–H groups in total. The Balaban J connectivity index is 2.34. The van der Waals surface area contributed by atoms with Crippen molar-refractivity contribution in [3.8, 4) is 0 Å². The number of carbonyl (C=O) groups is 1. The van der Waals surface area contributed by atoms with Crippen molar-refractivity contribution in [2.75, 3.05) is 0 Å². The van der Waals surface area contributed by atoms with Crippen LogP contribution in [-0.4, -0.2) is 10.8 Å². The van der Waals surface area contributed by atoms with E-state index in [1.165, 1.54) is 5.56 Å². The summed E-state index contributed by atoms with van der Waals surface area (Å²) >= 11 is 0. The number of aromatic nitrogens is 1. The number of carbonyl (C=O) groups excluding carboxylic acids is 1. The third kappa shape index (κ3) is 2.90. The van der Waals surface area contributed by atoms with Crippen molar-refractivity contribution in [3.63, 3.8) is 0 Å². The van der Waals surface area contributed by atoms with Gasteiger partial charge in [-0.2, -0.15) is 0 Å². The first-order chi connectivity index (χ1) is 8.89. The van der Waals surface area contributed by atoms with Gasteiger partial charge in [-0.25, -0.2) is 0 Å². The molecule has 0 aliphatic rings. The predicted molar refractivity (Wildman–Crippen MR) is 77.5 cm³/mol. The fourth-order valence-electron chi connectivity index (χ4n) is 2.01. The van der Waals surface area contributed by atoms with Crippen molar-refractivity contribution in [3.05, 3.63) is 65.0 Å². The molecule has 0 radical (unpaired) electrons. The third-order valence-corrected chi connectivity index (χ3v) is 3.28. The first-order valence-corrected chi connectivity index (χ1v) is 6.45. The molecule has 2 rings (SSSR count). The Kier molecular flexibility index (Phi) is 3.52. The van der Waals surface area contributed by atoms with Gasteiger partial charge in [-0.1, -0.05) is 45.0 Å². The van der Waals surface area contributed by atoms with Crippen molar-refractivity contribution in [1.29, 1.82) is 0 Å². The van der Waals surface area contributed by atoms with Crippen molar-refractivity contribution >= 4 is 5.78 Å². The van der Waals surface area contributed by atoms with E-state index in [-0.39, 0.29) is 11.2 Å². The summed E-state index contributed by atoms with van der Waals surface area (Å²) < 4.78 is 0. The third-order valence-electron chi connectivity index (χ3n) is 3.28. The molecule has 19 heavy (non-hydrogen) atoms. The monoisotopic (exact) mass is 253 g/mol. The average Bonchev–Trinajstić information content (AvgIpc) is 2.38. The quantitative estimate of drug-likeness (QED) is 0.759. The van der Waals surface area contributed by atoms with Crippen LogP contribution in [0.3, 0.4) is 0 Å². The van der Waals surface area contributed by atoms with Crippen molar-refractivity contribution < 1.29 is 4.79 Å². The van der Waals surface area contributed by atoms with Crippen LogP contribution in [0.15, 0.2) is 42.7 Å². The molecule has 2 aromatic rings. The molecule has 0 aliphatic heterocycles. The van der Waals surface area contributed by atoms with Gasteiger partial charge in [-0.3, -0.25) is 9.78 Å². The molecular weight excluding hydrogens is 234 g/mol. The van der Waals surface area contributed by atoms with E-state index in [1.807, 2.05) is 31.2 Å². The number of rotatable bonds is 2. The lowest BCUT2D eigenvalue weighted by Crippen LogP contribution is -2.11. The minimum absolute atomic E-state index is 0.0559. The van der Waals surface area contributed by atoms with Crippen molar-refractivity contribution in [2.45, 2.75) is 33.1 Å². The van der Waals surface area contributed by atoms with Gasteiger partial charge in [0.1, 0.15) is 0 Å². The summed E-state index contributed by atoms with van der Waals surface area (Å²) in [5.74, 6) is 0.0559. The maximum atomic E-state index is 12.4. The fraction of sp³-hybridized carbons (Fsp3) is 0.294. The smallest absolute Gasteiger partial charge is 0.193 e. The number of ketones is 1. The Morgan fingerprint density at radius 2 is 1.68 bits per heavy atom. The maximum Gasteiger partial charge on any atom is 0.193 e. The topological polar surface area (TPSA) is 30.0 Å². The highest BCUT2D eigenvalue weighted by Gasteiger charge is 2.15. The summed E-state index contributed by atoms with van der Waals surface area (Å²) in [7, 11) is 0. The van der Waals surface area contributed by atoms with E-state index in [0.717, 1.165) is 16.7 Å². The van der Waals surface area contributed by atoms with E-state index in [1.54, 1.807) is 18.5 Å². The lowest BCUT2D eigenvalue weighted by molar-refractivity contribution is 0.103. The zero-order chi connectivity index (χ0) is 14.0. The Morgan fingerprint density at radius 1 is 1.05 bits per heavy atom. The Hall–Kier alpha value is -1.96. The second-order valence-corrected chi connectivity index (χ2v) is 5.85. The molecule has 0 fully saturated rings. The SMILES string of the molecule is Cc1cnccc1C(=O)c1ccc(C(C)(C)C)cc1. The van der Waals surface area contributed by atoms with Gasteiger partial charge in [-0.15, -0.1) is 0 Å². The summed E-state index contributed by atoms with van der Waals surface area (Å²) in [4.78, 5) is 16.4. The summed E-state index contributed by atoms with van der Waals surface area (Å²) in [6, 6.07) is 9.65. The number of hydrogen-bond donors (Lipinski definition) is 0. The van der Waals surface area contributed by atoms with Gasteiger partial charge in [0.25, 0.3) is 0 Å². The molecule has 0 atom stereocenters.